The molecule has 0 spiro atoms. The summed E-state index contributed by atoms with van der Waals surface area (Å²) < 4.78 is 48.8. The molecule has 0 radical (unpaired) electrons. The topological polar surface area (TPSA) is 63.2 Å². The number of nitrogens with one attached hydrogen (secondary N) is 1. The number of benzene rings is 1. The van der Waals surface area contributed by atoms with Crippen LogP contribution in [0.1, 0.15) is 25.7 Å². The molecule has 2 rings (SSSR count). The van der Waals surface area contributed by atoms with E-state index >= 15 is 0 Å². The Morgan fingerprint density at radius 2 is 2.00 bits per heavy atom. The summed E-state index contributed by atoms with van der Waals surface area (Å²) in [7, 11) is -3.45. The number of anilines is 1. The van der Waals surface area contributed by atoms with Gasteiger partial charge in [0, 0.05) is 10.6 Å². The smallest absolute Gasteiger partial charge is 0.288 e. The van der Waals surface area contributed by atoms with E-state index in [1.165, 1.54) is 24.3 Å². The van der Waals surface area contributed by atoms with Gasteiger partial charge in [0.05, 0.1) is 5.25 Å². The Morgan fingerprint density at radius 3 is 2.64 bits per heavy atom. The number of halogens is 2. The standard InChI is InChI=1S/C14H17F2NO3S2/c15-14(16)21-11-5-3-4-10(8-11)17-13(18)9-22(19,20)12-6-1-2-7-12/h3-5,8,12,14H,1-2,6-7,9H2,(H,17,18). The van der Waals surface area contributed by atoms with Crippen LogP contribution in [0.4, 0.5) is 14.5 Å². The third-order valence-corrected chi connectivity index (χ3v) is 6.34. The van der Waals surface area contributed by atoms with Crippen molar-refractivity contribution in [2.24, 2.45) is 0 Å². The molecule has 0 saturated heterocycles. The van der Waals surface area contributed by atoms with Crippen molar-refractivity contribution < 1.29 is 22.0 Å². The molecule has 1 saturated carbocycles. The van der Waals surface area contributed by atoms with Crippen molar-refractivity contribution in [1.82, 2.24) is 0 Å². The maximum absolute atomic E-state index is 12.3. The Morgan fingerprint density at radius 1 is 1.32 bits per heavy atom. The normalized spacial score (nSPS) is 16.1. The minimum atomic E-state index is -3.45. The number of amides is 1. The highest BCUT2D eigenvalue weighted by Crippen LogP contribution is 2.28. The van der Waals surface area contributed by atoms with E-state index in [4.69, 9.17) is 0 Å². The summed E-state index contributed by atoms with van der Waals surface area (Å²) >= 11 is 0.370. The Bertz CT molecular complexity index is 629. The van der Waals surface area contributed by atoms with Crippen molar-refractivity contribution >= 4 is 33.2 Å². The third-order valence-electron chi connectivity index (χ3n) is 3.49. The van der Waals surface area contributed by atoms with Crippen LogP contribution in [0.15, 0.2) is 29.2 Å². The van der Waals surface area contributed by atoms with Crippen LogP contribution in [0.25, 0.3) is 0 Å². The highest BCUT2D eigenvalue weighted by atomic mass is 32.2. The Kier molecular flexibility index (Phi) is 5.80. The lowest BCUT2D eigenvalue weighted by atomic mass is 10.3. The van der Waals surface area contributed by atoms with Gasteiger partial charge < -0.3 is 5.32 Å². The SMILES string of the molecule is O=C(CS(=O)(=O)C1CCCC1)Nc1cccc(SC(F)F)c1. The van der Waals surface area contributed by atoms with E-state index in [0.29, 0.717) is 35.2 Å². The molecule has 1 fully saturated rings. The first kappa shape index (κ1) is 17.2. The lowest BCUT2D eigenvalue weighted by molar-refractivity contribution is -0.113. The number of sulfone groups is 1. The Balaban J connectivity index is 1.97. The minimum Gasteiger partial charge on any atom is -0.325 e. The first-order chi connectivity index (χ1) is 10.4. The van der Waals surface area contributed by atoms with Gasteiger partial charge in [-0.25, -0.2) is 8.42 Å². The summed E-state index contributed by atoms with van der Waals surface area (Å²) in [6.07, 6.45) is 2.96. The molecule has 0 aromatic heterocycles. The van der Waals surface area contributed by atoms with Crippen LogP contribution in [0, 0.1) is 0 Å². The van der Waals surface area contributed by atoms with Crippen LogP contribution in [-0.4, -0.2) is 31.1 Å². The van der Waals surface area contributed by atoms with Crippen LogP contribution in [0.5, 0.6) is 0 Å². The van der Waals surface area contributed by atoms with E-state index in [9.17, 15) is 22.0 Å². The van der Waals surface area contributed by atoms with Crippen molar-refractivity contribution in [2.45, 2.75) is 41.6 Å². The number of thioether (sulfide) groups is 1. The molecule has 0 aliphatic heterocycles. The Hall–Kier alpha value is -1.15. The van der Waals surface area contributed by atoms with E-state index in [0.717, 1.165) is 12.8 Å². The number of carbonyl (C=O) groups excluding carboxylic acids is 1. The molecule has 1 N–H and O–H groups in total. The van der Waals surface area contributed by atoms with Gasteiger partial charge in [-0.15, -0.1) is 0 Å². The zero-order chi connectivity index (χ0) is 16.2. The second-order valence-electron chi connectivity index (χ2n) is 5.17. The number of hydrogen-bond acceptors (Lipinski definition) is 4. The van der Waals surface area contributed by atoms with Crippen LogP contribution >= 0.6 is 11.8 Å². The van der Waals surface area contributed by atoms with Crippen molar-refractivity contribution in [3.8, 4) is 0 Å². The summed E-state index contributed by atoms with van der Waals surface area (Å²) in [4.78, 5) is 12.2. The lowest BCUT2D eigenvalue weighted by Gasteiger charge is -2.11. The van der Waals surface area contributed by atoms with Gasteiger partial charge in [-0.1, -0.05) is 30.7 Å². The molecule has 122 valence electrons. The fraction of sp³-hybridized carbons (Fsp3) is 0.500. The van der Waals surface area contributed by atoms with Crippen LogP contribution in [0.3, 0.4) is 0 Å². The minimum absolute atomic E-state index is 0.312. The van der Waals surface area contributed by atoms with Crippen molar-refractivity contribution in [3.63, 3.8) is 0 Å². The fourth-order valence-corrected chi connectivity index (χ4v) is 4.78. The second kappa shape index (κ2) is 7.41. The predicted octanol–water partition coefficient (Wildman–Crippen LogP) is 3.30. The first-order valence-electron chi connectivity index (χ1n) is 6.93. The largest absolute Gasteiger partial charge is 0.325 e. The monoisotopic (exact) mass is 349 g/mol. The average molecular weight is 349 g/mol. The zero-order valence-corrected chi connectivity index (χ0v) is 13.4. The number of rotatable bonds is 6. The van der Waals surface area contributed by atoms with Gasteiger partial charge in [0.2, 0.25) is 5.91 Å². The van der Waals surface area contributed by atoms with Crippen LogP contribution in [-0.2, 0) is 14.6 Å². The van der Waals surface area contributed by atoms with E-state index in [1.54, 1.807) is 0 Å². The summed E-state index contributed by atoms with van der Waals surface area (Å²) in [6.45, 7) is 0. The molecule has 1 aliphatic carbocycles. The van der Waals surface area contributed by atoms with Gasteiger partial charge in [-0.3, -0.25) is 4.79 Å². The quantitative estimate of drug-likeness (QED) is 0.801. The maximum atomic E-state index is 12.3. The molecular formula is C14H17F2NO3S2. The molecule has 8 heteroatoms. The van der Waals surface area contributed by atoms with Gasteiger partial charge in [0.1, 0.15) is 5.75 Å². The molecule has 1 aromatic rings. The molecule has 0 bridgehead atoms. The molecule has 1 amide bonds. The average Bonchev–Trinajstić information content (AvgIpc) is 2.91. The summed E-state index contributed by atoms with van der Waals surface area (Å²) in [5, 5.41) is 2.03. The first-order valence-corrected chi connectivity index (χ1v) is 9.52. The van der Waals surface area contributed by atoms with Gasteiger partial charge in [0.15, 0.2) is 9.84 Å². The zero-order valence-electron chi connectivity index (χ0n) is 11.8. The lowest BCUT2D eigenvalue weighted by Crippen LogP contribution is -2.29. The van der Waals surface area contributed by atoms with Gasteiger partial charge in [-0.2, -0.15) is 8.78 Å². The molecule has 0 heterocycles. The van der Waals surface area contributed by atoms with E-state index in [2.05, 4.69) is 5.32 Å². The summed E-state index contributed by atoms with van der Waals surface area (Å²) in [6, 6.07) is 5.97. The fourth-order valence-electron chi connectivity index (χ4n) is 2.50. The van der Waals surface area contributed by atoms with Crippen molar-refractivity contribution in [1.29, 1.82) is 0 Å². The summed E-state index contributed by atoms with van der Waals surface area (Å²) in [5.41, 5.74) is 0.317. The molecule has 22 heavy (non-hydrogen) atoms. The summed E-state index contributed by atoms with van der Waals surface area (Å²) in [5.74, 6) is -3.75. The van der Waals surface area contributed by atoms with E-state index in [1.807, 2.05) is 0 Å². The Labute approximate surface area is 132 Å². The second-order valence-corrected chi connectivity index (χ2v) is 8.51. The molecule has 1 aliphatic rings. The van der Waals surface area contributed by atoms with E-state index < -0.39 is 32.5 Å². The van der Waals surface area contributed by atoms with Crippen LogP contribution < -0.4 is 5.32 Å². The van der Waals surface area contributed by atoms with Crippen LogP contribution in [0.2, 0.25) is 0 Å². The number of hydrogen-bond donors (Lipinski definition) is 1. The van der Waals surface area contributed by atoms with Gasteiger partial charge in [0.25, 0.3) is 5.76 Å². The third kappa shape index (κ3) is 4.95. The number of carbonyl (C=O) groups is 1. The van der Waals surface area contributed by atoms with Crippen molar-refractivity contribution in [3.05, 3.63) is 24.3 Å². The highest BCUT2D eigenvalue weighted by molar-refractivity contribution is 7.99. The molecule has 0 atom stereocenters. The van der Waals surface area contributed by atoms with E-state index in [-0.39, 0.29) is 0 Å². The predicted molar refractivity (Wildman–Crippen MR) is 83.0 cm³/mol. The van der Waals surface area contributed by atoms with Gasteiger partial charge >= 0.3 is 0 Å². The molecule has 1 aromatic carbocycles. The number of alkyl halides is 2. The molecular weight excluding hydrogens is 332 g/mol. The molecule has 4 nitrogen and oxygen atoms in total. The molecule has 0 unspecified atom stereocenters. The van der Waals surface area contributed by atoms with Crippen molar-refractivity contribution in [2.75, 3.05) is 11.1 Å². The highest BCUT2D eigenvalue weighted by Gasteiger charge is 2.30. The maximum Gasteiger partial charge on any atom is 0.288 e. The van der Waals surface area contributed by atoms with Gasteiger partial charge in [-0.05, 0) is 31.0 Å².